The van der Waals surface area contributed by atoms with Crippen molar-refractivity contribution >= 4 is 33.1 Å². The summed E-state index contributed by atoms with van der Waals surface area (Å²) in [4.78, 5) is 7.02. The molecule has 0 aliphatic carbocycles. The van der Waals surface area contributed by atoms with E-state index in [1.807, 2.05) is 48.5 Å². The second-order valence-corrected chi connectivity index (χ2v) is 15.5. The standard InChI is InChI=1S/C38H34BrN9O9/c1-14-17(4)49-44-29(14)35-27(34-21(13-41-54-34)22-11-12-40-53-22)33(32-25(19(6)51-47-32)23-15(2)42-50-18(23)5)48(57-35)37-24(16(3)43-56-37)30-26(31-28(39)20(7)52-46-31)36(55-45-30)38(8,9)10/h11-13,35H,1-10H3. The molecule has 1 aliphatic heterocycles. The number of anilines is 1. The van der Waals surface area contributed by atoms with Gasteiger partial charge >= 0.3 is 0 Å². The van der Waals surface area contributed by atoms with Gasteiger partial charge < -0.3 is 36.2 Å². The third kappa shape index (κ3) is 5.54. The van der Waals surface area contributed by atoms with E-state index in [4.69, 9.17) is 41.0 Å². The predicted octanol–water partition coefficient (Wildman–Crippen LogP) is 9.54. The van der Waals surface area contributed by atoms with Crippen LogP contribution in [0.5, 0.6) is 0 Å². The van der Waals surface area contributed by atoms with E-state index >= 15 is 0 Å². The van der Waals surface area contributed by atoms with E-state index in [2.05, 4.69) is 57.2 Å². The molecule has 18 nitrogen and oxygen atoms in total. The zero-order valence-corrected chi connectivity index (χ0v) is 34.0. The van der Waals surface area contributed by atoms with Gasteiger partial charge in [-0.05, 0) is 64.4 Å². The van der Waals surface area contributed by atoms with Gasteiger partial charge in [-0.15, -0.1) is 0 Å². The molecule has 19 heteroatoms. The lowest BCUT2D eigenvalue weighted by atomic mass is 9.87. The summed E-state index contributed by atoms with van der Waals surface area (Å²) in [6.45, 7) is 18.8. The molecule has 0 bridgehead atoms. The molecule has 0 saturated carbocycles. The largest absolute Gasteiger partial charge is 0.361 e. The monoisotopic (exact) mass is 839 g/mol. The Kier molecular flexibility index (Phi) is 8.36. The average Bonchev–Trinajstić information content (AvgIpc) is 4.00. The molecule has 9 heterocycles. The minimum Gasteiger partial charge on any atom is -0.361 e. The number of rotatable bonds is 8. The van der Waals surface area contributed by atoms with Crippen LogP contribution in [-0.4, -0.2) is 41.3 Å². The zero-order chi connectivity index (χ0) is 40.1. The predicted molar refractivity (Wildman–Crippen MR) is 201 cm³/mol. The fraction of sp³-hybridized carbons (Fsp3) is 0.316. The van der Waals surface area contributed by atoms with Crippen molar-refractivity contribution < 1.29 is 41.0 Å². The third-order valence-electron chi connectivity index (χ3n) is 9.93. The van der Waals surface area contributed by atoms with Crippen molar-refractivity contribution in [3.05, 3.63) is 85.8 Å². The van der Waals surface area contributed by atoms with Crippen molar-refractivity contribution in [2.45, 2.75) is 80.8 Å². The van der Waals surface area contributed by atoms with Crippen LogP contribution in [0.1, 0.15) is 89.8 Å². The molecule has 8 aromatic rings. The van der Waals surface area contributed by atoms with E-state index in [-0.39, 0.29) is 11.6 Å². The van der Waals surface area contributed by atoms with Gasteiger partial charge in [0.15, 0.2) is 23.4 Å². The molecule has 0 saturated heterocycles. The van der Waals surface area contributed by atoms with Crippen molar-refractivity contribution in [1.29, 1.82) is 0 Å². The molecule has 0 radical (unpaired) electrons. The highest BCUT2D eigenvalue weighted by Crippen LogP contribution is 2.55. The first-order valence-corrected chi connectivity index (χ1v) is 18.5. The van der Waals surface area contributed by atoms with Crippen molar-refractivity contribution in [3.63, 3.8) is 0 Å². The molecular weight excluding hydrogens is 806 g/mol. The Morgan fingerprint density at radius 1 is 0.632 bits per heavy atom. The second-order valence-electron chi connectivity index (χ2n) is 14.7. The summed E-state index contributed by atoms with van der Waals surface area (Å²) in [6.07, 6.45) is 2.04. The Morgan fingerprint density at radius 3 is 1.95 bits per heavy atom. The molecule has 8 aromatic heterocycles. The highest BCUT2D eigenvalue weighted by atomic mass is 79.9. The maximum absolute atomic E-state index is 7.02. The third-order valence-corrected chi connectivity index (χ3v) is 10.9. The number of hydrogen-bond donors (Lipinski definition) is 0. The lowest BCUT2D eigenvalue weighted by Gasteiger charge is -2.19. The van der Waals surface area contributed by atoms with Gasteiger partial charge in [-0.2, -0.15) is 5.06 Å². The Bertz CT molecular complexity index is 2820. The van der Waals surface area contributed by atoms with Gasteiger partial charge in [0.1, 0.15) is 51.5 Å². The summed E-state index contributed by atoms with van der Waals surface area (Å²) in [6, 6.07) is 1.69. The molecule has 292 valence electrons. The van der Waals surface area contributed by atoms with Crippen molar-refractivity contribution in [3.8, 4) is 45.0 Å². The molecule has 1 atom stereocenters. The minimum absolute atomic E-state index is 0.109. The summed E-state index contributed by atoms with van der Waals surface area (Å²) in [5.74, 6) is 3.48. The number of hydroxylamine groups is 1. The summed E-state index contributed by atoms with van der Waals surface area (Å²) in [5, 5.41) is 36.5. The van der Waals surface area contributed by atoms with Crippen LogP contribution < -0.4 is 5.06 Å². The normalized spacial score (nSPS) is 14.9. The summed E-state index contributed by atoms with van der Waals surface area (Å²) in [7, 11) is 0. The van der Waals surface area contributed by atoms with Crippen LogP contribution >= 0.6 is 15.9 Å². The molecule has 1 aliphatic rings. The molecule has 1 unspecified atom stereocenters. The van der Waals surface area contributed by atoms with E-state index in [0.29, 0.717) is 112 Å². The first kappa shape index (κ1) is 36.3. The Hall–Kier alpha value is -6.34. The first-order valence-electron chi connectivity index (χ1n) is 17.7. The van der Waals surface area contributed by atoms with Crippen LogP contribution in [0.15, 0.2) is 59.1 Å². The summed E-state index contributed by atoms with van der Waals surface area (Å²) in [5.41, 5.74) is 6.37. The van der Waals surface area contributed by atoms with Crippen LogP contribution in [0.4, 0.5) is 5.88 Å². The van der Waals surface area contributed by atoms with Crippen LogP contribution in [0, 0.1) is 48.5 Å². The lowest BCUT2D eigenvalue weighted by molar-refractivity contribution is 0.0928. The summed E-state index contributed by atoms with van der Waals surface area (Å²) < 4.78 is 47.7. The number of aromatic nitrogens is 8. The van der Waals surface area contributed by atoms with Crippen molar-refractivity contribution in [1.82, 2.24) is 41.3 Å². The fourth-order valence-electron chi connectivity index (χ4n) is 7.02. The van der Waals surface area contributed by atoms with E-state index < -0.39 is 11.5 Å². The number of halogens is 1. The summed E-state index contributed by atoms with van der Waals surface area (Å²) >= 11 is 3.67. The van der Waals surface area contributed by atoms with Crippen molar-refractivity contribution in [2.75, 3.05) is 5.06 Å². The Morgan fingerprint density at radius 2 is 1.30 bits per heavy atom. The van der Waals surface area contributed by atoms with Crippen LogP contribution in [0.3, 0.4) is 0 Å². The fourth-order valence-corrected chi connectivity index (χ4v) is 7.36. The highest BCUT2D eigenvalue weighted by molar-refractivity contribution is 9.10. The second kappa shape index (κ2) is 13.1. The maximum atomic E-state index is 7.02. The van der Waals surface area contributed by atoms with Gasteiger partial charge in [0.05, 0.1) is 61.6 Å². The van der Waals surface area contributed by atoms with Gasteiger partial charge in [0.2, 0.25) is 0 Å². The van der Waals surface area contributed by atoms with Crippen LogP contribution in [-0.2, 0) is 10.3 Å². The molecule has 0 N–H and O–H groups in total. The van der Waals surface area contributed by atoms with Gasteiger partial charge in [-0.25, -0.2) is 0 Å². The minimum atomic E-state index is -1.02. The Labute approximate surface area is 331 Å². The molecule has 0 fully saturated rings. The highest BCUT2D eigenvalue weighted by Gasteiger charge is 2.48. The van der Waals surface area contributed by atoms with Gasteiger partial charge in [0.25, 0.3) is 5.88 Å². The molecular formula is C38H34BrN9O9. The van der Waals surface area contributed by atoms with Gasteiger partial charge in [-0.3, -0.25) is 4.84 Å². The van der Waals surface area contributed by atoms with Gasteiger partial charge in [0, 0.05) is 17.0 Å². The molecule has 0 spiro atoms. The van der Waals surface area contributed by atoms with E-state index in [1.54, 1.807) is 26.8 Å². The smallest absolute Gasteiger partial charge is 0.265 e. The van der Waals surface area contributed by atoms with Crippen LogP contribution in [0.25, 0.3) is 56.2 Å². The topological polar surface area (TPSA) is 221 Å². The molecule has 0 aromatic carbocycles. The van der Waals surface area contributed by atoms with Crippen LogP contribution in [0.2, 0.25) is 0 Å². The molecule has 57 heavy (non-hydrogen) atoms. The zero-order valence-electron chi connectivity index (χ0n) is 32.4. The molecule has 0 amide bonds. The van der Waals surface area contributed by atoms with Crippen molar-refractivity contribution in [2.24, 2.45) is 0 Å². The Balaban J connectivity index is 1.38. The average molecular weight is 841 g/mol. The van der Waals surface area contributed by atoms with Gasteiger partial charge in [-0.1, -0.05) is 62.0 Å². The van der Waals surface area contributed by atoms with E-state index in [0.717, 1.165) is 5.56 Å². The lowest BCUT2D eigenvalue weighted by Crippen LogP contribution is -2.19. The first-order chi connectivity index (χ1) is 27.3. The SMILES string of the molecule is Cc1noc(C)c1-c1c(C2=C(c3oncc3-c3ccno3)C(c3noc(C)c3C)ON2c2onc(C)c2-c2noc(C(C)(C)C)c2-c2noc(C)c2Br)noc1C. The van der Waals surface area contributed by atoms with E-state index in [9.17, 15) is 0 Å². The van der Waals surface area contributed by atoms with E-state index in [1.165, 1.54) is 17.5 Å². The maximum Gasteiger partial charge on any atom is 0.265 e. The number of aryl methyl sites for hydroxylation is 6. The molecule has 9 rings (SSSR count). The number of hydrogen-bond acceptors (Lipinski definition) is 18. The quantitative estimate of drug-likeness (QED) is 0.139. The number of nitrogens with zero attached hydrogens (tertiary/aromatic N) is 9.